The van der Waals surface area contributed by atoms with Crippen LogP contribution in [-0.4, -0.2) is 35.5 Å². The smallest absolute Gasteiger partial charge is 0.410 e. The molecule has 4 nitrogen and oxygen atoms in total. The summed E-state index contributed by atoms with van der Waals surface area (Å²) in [5.74, 6) is 1.28. The topological polar surface area (TPSA) is 41.6 Å². The van der Waals surface area contributed by atoms with E-state index in [4.69, 9.17) is 17.0 Å². The fraction of sp³-hybridized carbons (Fsp3) is 0.556. The van der Waals surface area contributed by atoms with Crippen molar-refractivity contribution in [3.63, 3.8) is 0 Å². The van der Waals surface area contributed by atoms with Crippen molar-refractivity contribution in [2.24, 2.45) is 0 Å². The van der Waals surface area contributed by atoms with Crippen LogP contribution >= 0.6 is 24.0 Å². The second-order valence-electron chi connectivity index (χ2n) is 5.50. The highest BCUT2D eigenvalue weighted by Gasteiger charge is 2.12. The number of amides is 1. The van der Waals surface area contributed by atoms with Crippen LogP contribution in [0.3, 0.4) is 0 Å². The molecule has 0 heterocycles. The first-order chi connectivity index (χ1) is 11.6. The number of carbonyl (C=O) groups is 1. The van der Waals surface area contributed by atoms with Gasteiger partial charge in [-0.1, -0.05) is 68.9 Å². The summed E-state index contributed by atoms with van der Waals surface area (Å²) in [5, 5.41) is 2.47. The van der Waals surface area contributed by atoms with Crippen molar-refractivity contribution in [2.75, 3.05) is 20.1 Å². The van der Waals surface area contributed by atoms with Crippen LogP contribution in [0.15, 0.2) is 24.3 Å². The third kappa shape index (κ3) is 7.53. The number of carbonyl (C=O) groups excluding carboxylic acids is 1. The highest BCUT2D eigenvalue weighted by atomic mass is 32.2. The second-order valence-corrected chi connectivity index (χ2v) is 7.11. The van der Waals surface area contributed by atoms with Crippen LogP contribution in [0.5, 0.6) is 5.75 Å². The molecule has 1 amide bonds. The molecule has 1 rings (SSSR count). The lowest BCUT2D eigenvalue weighted by Gasteiger charge is -2.24. The number of thiocarbonyl (C=S) groups is 1. The van der Waals surface area contributed by atoms with Gasteiger partial charge in [0.1, 0.15) is 10.1 Å². The summed E-state index contributed by atoms with van der Waals surface area (Å²) < 4.78 is 6.22. The van der Waals surface area contributed by atoms with E-state index in [1.807, 2.05) is 18.2 Å². The van der Waals surface area contributed by atoms with Crippen LogP contribution in [0, 0.1) is 0 Å². The van der Waals surface area contributed by atoms with E-state index >= 15 is 0 Å². The van der Waals surface area contributed by atoms with Gasteiger partial charge in [0.2, 0.25) is 0 Å². The van der Waals surface area contributed by atoms with Gasteiger partial charge >= 0.3 is 6.09 Å². The summed E-state index contributed by atoms with van der Waals surface area (Å²) in [5.41, 5.74) is 0.972. The van der Waals surface area contributed by atoms with Gasteiger partial charge in [0.15, 0.2) is 0 Å². The van der Waals surface area contributed by atoms with E-state index in [1.165, 1.54) is 12.8 Å². The first-order valence-electron chi connectivity index (χ1n) is 8.51. The molecular weight excluding hydrogens is 340 g/mol. The van der Waals surface area contributed by atoms with Crippen molar-refractivity contribution in [3.05, 3.63) is 29.8 Å². The van der Waals surface area contributed by atoms with Gasteiger partial charge < -0.3 is 15.0 Å². The van der Waals surface area contributed by atoms with Crippen molar-refractivity contribution in [2.45, 2.75) is 45.3 Å². The minimum atomic E-state index is -0.456. The summed E-state index contributed by atoms with van der Waals surface area (Å²) in [7, 11) is 1.55. The number of ether oxygens (including phenoxy) is 1. The van der Waals surface area contributed by atoms with Gasteiger partial charge in [0.25, 0.3) is 0 Å². The van der Waals surface area contributed by atoms with E-state index < -0.39 is 6.09 Å². The summed E-state index contributed by atoms with van der Waals surface area (Å²) >= 11 is 7.26. The summed E-state index contributed by atoms with van der Waals surface area (Å²) in [6.07, 6.45) is 4.18. The van der Waals surface area contributed by atoms with Gasteiger partial charge in [-0.15, -0.1) is 0 Å². The van der Waals surface area contributed by atoms with Gasteiger partial charge in [-0.25, -0.2) is 4.79 Å². The number of benzene rings is 1. The molecule has 0 unspecified atom stereocenters. The Bertz CT molecular complexity index is 515. The van der Waals surface area contributed by atoms with Gasteiger partial charge in [-0.05, 0) is 18.9 Å². The number of nitrogens with one attached hydrogen (secondary N) is 1. The Morgan fingerprint density at radius 3 is 2.42 bits per heavy atom. The maximum atomic E-state index is 11.4. The molecule has 24 heavy (non-hydrogen) atoms. The number of thioether (sulfide) groups is 1. The van der Waals surface area contributed by atoms with E-state index in [0.717, 1.165) is 35.8 Å². The average molecular weight is 369 g/mol. The molecule has 1 N–H and O–H groups in total. The van der Waals surface area contributed by atoms with Crippen molar-refractivity contribution in [3.8, 4) is 5.75 Å². The highest BCUT2D eigenvalue weighted by Crippen LogP contribution is 2.25. The SMILES string of the molecule is CCCCN(CCCC)C(=S)SCc1ccccc1OC(=O)NC. The lowest BCUT2D eigenvalue weighted by atomic mass is 10.2. The summed E-state index contributed by atoms with van der Waals surface area (Å²) in [4.78, 5) is 13.7. The van der Waals surface area contributed by atoms with Gasteiger partial charge in [0.05, 0.1) is 0 Å². The molecule has 6 heteroatoms. The molecule has 0 aromatic heterocycles. The Hall–Kier alpha value is -1.27. The lowest BCUT2D eigenvalue weighted by molar-refractivity contribution is 0.202. The van der Waals surface area contributed by atoms with Gasteiger partial charge in [-0.2, -0.15) is 0 Å². The standard InChI is InChI=1S/C18H28N2O2S2/c1-4-6-12-20(13-7-5-2)18(23)24-14-15-10-8-9-11-16(15)22-17(21)19-3/h8-11H,4-7,12-14H2,1-3H3,(H,19,21). The third-order valence-corrected chi connectivity index (χ3v) is 5.12. The molecule has 1 aromatic rings. The van der Waals surface area contributed by atoms with Crippen LogP contribution in [0.4, 0.5) is 4.79 Å². The number of rotatable bonds is 9. The Morgan fingerprint density at radius 2 is 1.83 bits per heavy atom. The maximum absolute atomic E-state index is 11.4. The minimum Gasteiger partial charge on any atom is -0.410 e. The quantitative estimate of drug-likeness (QED) is 0.633. The van der Waals surface area contributed by atoms with Crippen molar-refractivity contribution >= 4 is 34.4 Å². The largest absolute Gasteiger partial charge is 0.412 e. The first-order valence-corrected chi connectivity index (χ1v) is 9.90. The Morgan fingerprint density at radius 1 is 1.21 bits per heavy atom. The Balaban J connectivity index is 2.65. The number of hydrogen-bond donors (Lipinski definition) is 1. The van der Waals surface area contributed by atoms with Gasteiger partial charge in [0, 0.05) is 31.5 Å². The molecule has 0 saturated heterocycles. The van der Waals surface area contributed by atoms with Crippen molar-refractivity contribution < 1.29 is 9.53 Å². The first kappa shape index (κ1) is 20.8. The number of nitrogens with zero attached hydrogens (tertiary/aromatic N) is 1. The molecule has 0 fully saturated rings. The molecule has 0 radical (unpaired) electrons. The summed E-state index contributed by atoms with van der Waals surface area (Å²) in [6, 6.07) is 7.58. The van der Waals surface area contributed by atoms with E-state index in [9.17, 15) is 4.79 Å². The van der Waals surface area contributed by atoms with Gasteiger partial charge in [-0.3, -0.25) is 0 Å². The normalized spacial score (nSPS) is 10.3. The fourth-order valence-electron chi connectivity index (χ4n) is 2.10. The Kier molecular flexibility index (Phi) is 10.5. The molecule has 1 aromatic carbocycles. The molecular formula is C18H28N2O2S2. The molecule has 134 valence electrons. The van der Waals surface area contributed by atoms with Crippen LogP contribution in [-0.2, 0) is 5.75 Å². The average Bonchev–Trinajstić information content (AvgIpc) is 2.60. The molecule has 0 saturated carbocycles. The predicted molar refractivity (Wildman–Crippen MR) is 107 cm³/mol. The molecule has 0 aliphatic heterocycles. The zero-order valence-corrected chi connectivity index (χ0v) is 16.5. The predicted octanol–water partition coefficient (Wildman–Crippen LogP) is 4.83. The zero-order valence-electron chi connectivity index (χ0n) is 14.8. The van der Waals surface area contributed by atoms with Crippen LogP contribution < -0.4 is 10.1 Å². The van der Waals surface area contributed by atoms with E-state index in [-0.39, 0.29) is 0 Å². The molecule has 0 bridgehead atoms. The third-order valence-electron chi connectivity index (χ3n) is 3.55. The molecule has 0 atom stereocenters. The van der Waals surface area contributed by atoms with Crippen molar-refractivity contribution in [1.29, 1.82) is 0 Å². The number of unbranched alkanes of at least 4 members (excludes halogenated alkanes) is 2. The maximum Gasteiger partial charge on any atom is 0.412 e. The second kappa shape index (κ2) is 12.1. The zero-order chi connectivity index (χ0) is 17.8. The van der Waals surface area contributed by atoms with E-state index in [1.54, 1.807) is 24.9 Å². The van der Waals surface area contributed by atoms with E-state index in [0.29, 0.717) is 11.5 Å². The number of hydrogen-bond acceptors (Lipinski definition) is 4. The number of para-hydroxylation sites is 1. The van der Waals surface area contributed by atoms with Crippen LogP contribution in [0.1, 0.15) is 45.1 Å². The fourth-order valence-corrected chi connectivity index (χ4v) is 3.34. The molecule has 0 aliphatic rings. The lowest BCUT2D eigenvalue weighted by Crippen LogP contribution is -2.29. The van der Waals surface area contributed by atoms with Crippen molar-refractivity contribution in [1.82, 2.24) is 10.2 Å². The highest BCUT2D eigenvalue weighted by molar-refractivity contribution is 8.22. The minimum absolute atomic E-state index is 0.456. The molecule has 0 aliphatic carbocycles. The van der Waals surface area contributed by atoms with E-state index in [2.05, 4.69) is 24.1 Å². The monoisotopic (exact) mass is 368 g/mol. The van der Waals surface area contributed by atoms with Crippen LogP contribution in [0.2, 0.25) is 0 Å². The van der Waals surface area contributed by atoms with Crippen LogP contribution in [0.25, 0.3) is 0 Å². The summed E-state index contributed by atoms with van der Waals surface area (Å²) in [6.45, 7) is 6.42. The molecule has 0 spiro atoms. The Labute approximate surface area is 155 Å².